The highest BCUT2D eigenvalue weighted by atomic mass is 79.9. The van der Waals surface area contributed by atoms with Gasteiger partial charge < -0.3 is 10.1 Å². The summed E-state index contributed by atoms with van der Waals surface area (Å²) in [5.41, 5.74) is 2.72. The van der Waals surface area contributed by atoms with Gasteiger partial charge in [0.1, 0.15) is 0 Å². The van der Waals surface area contributed by atoms with E-state index in [4.69, 9.17) is 4.74 Å². The lowest BCUT2D eigenvalue weighted by molar-refractivity contribution is 0.219. The third kappa shape index (κ3) is 3.58. The lowest BCUT2D eigenvalue weighted by atomic mass is 9.96. The summed E-state index contributed by atoms with van der Waals surface area (Å²) >= 11 is 3.46. The molecule has 1 heterocycles. The quantitative estimate of drug-likeness (QED) is 0.920. The van der Waals surface area contributed by atoms with Crippen LogP contribution in [0.2, 0.25) is 0 Å². The maximum Gasteiger partial charge on any atom is 0.0876 e. The van der Waals surface area contributed by atoms with Gasteiger partial charge in [-0.3, -0.25) is 0 Å². The van der Waals surface area contributed by atoms with Crippen molar-refractivity contribution < 1.29 is 4.74 Å². The molecular formula is C14H18BrNO. The Bertz CT molecular complexity index is 386. The molecule has 0 aromatic heterocycles. The zero-order chi connectivity index (χ0) is 12.1. The summed E-state index contributed by atoms with van der Waals surface area (Å²) in [5, 5.41) is 3.37. The molecule has 1 aliphatic heterocycles. The lowest BCUT2D eigenvalue weighted by Gasteiger charge is -2.23. The van der Waals surface area contributed by atoms with E-state index in [1.165, 1.54) is 11.1 Å². The Morgan fingerprint density at radius 1 is 1.35 bits per heavy atom. The fraction of sp³-hybridized carbons (Fsp3) is 0.429. The topological polar surface area (TPSA) is 21.3 Å². The minimum absolute atomic E-state index is 0.386. The number of hydrogen-bond donors (Lipinski definition) is 1. The summed E-state index contributed by atoms with van der Waals surface area (Å²) in [6.45, 7) is 0.859. The first-order chi connectivity index (χ1) is 8.29. The van der Waals surface area contributed by atoms with Crippen LogP contribution in [0.15, 0.2) is 40.6 Å². The number of rotatable bonds is 4. The highest BCUT2D eigenvalue weighted by Gasteiger charge is 2.15. The highest BCUT2D eigenvalue weighted by Crippen LogP contribution is 2.19. The molecule has 0 spiro atoms. The fourth-order valence-corrected chi connectivity index (χ4v) is 2.38. The molecule has 0 saturated carbocycles. The summed E-state index contributed by atoms with van der Waals surface area (Å²) in [6, 6.07) is 8.90. The van der Waals surface area contributed by atoms with Crippen LogP contribution in [0, 0.1) is 0 Å². The van der Waals surface area contributed by atoms with Crippen molar-refractivity contribution in [2.24, 2.45) is 0 Å². The molecule has 1 aromatic carbocycles. The monoisotopic (exact) mass is 295 g/mol. The largest absolute Gasteiger partial charge is 0.501 e. The number of hydrogen-bond acceptors (Lipinski definition) is 2. The van der Waals surface area contributed by atoms with Crippen LogP contribution in [0.25, 0.3) is 0 Å². The lowest BCUT2D eigenvalue weighted by Crippen LogP contribution is -2.31. The van der Waals surface area contributed by atoms with E-state index in [9.17, 15) is 0 Å². The van der Waals surface area contributed by atoms with Crippen molar-refractivity contribution in [1.29, 1.82) is 0 Å². The fourth-order valence-electron chi connectivity index (χ4n) is 2.12. The molecule has 0 saturated heterocycles. The molecule has 92 valence electrons. The van der Waals surface area contributed by atoms with Gasteiger partial charge in [-0.25, -0.2) is 0 Å². The van der Waals surface area contributed by atoms with E-state index in [2.05, 4.69) is 45.5 Å². The first-order valence-corrected chi connectivity index (χ1v) is 6.81. The second kappa shape index (κ2) is 6.22. The second-order valence-corrected chi connectivity index (χ2v) is 5.25. The predicted molar refractivity (Wildman–Crippen MR) is 74.0 cm³/mol. The van der Waals surface area contributed by atoms with Crippen LogP contribution in [0.4, 0.5) is 0 Å². The van der Waals surface area contributed by atoms with E-state index in [0.29, 0.717) is 6.04 Å². The van der Waals surface area contributed by atoms with Crippen LogP contribution in [0.5, 0.6) is 0 Å². The highest BCUT2D eigenvalue weighted by molar-refractivity contribution is 9.10. The van der Waals surface area contributed by atoms with Gasteiger partial charge in [0.25, 0.3) is 0 Å². The van der Waals surface area contributed by atoms with Crippen LogP contribution in [0.1, 0.15) is 18.4 Å². The Morgan fingerprint density at radius 3 is 2.71 bits per heavy atom. The maximum atomic E-state index is 5.41. The molecule has 1 atom stereocenters. The van der Waals surface area contributed by atoms with E-state index in [-0.39, 0.29) is 0 Å². The van der Waals surface area contributed by atoms with E-state index in [1.54, 1.807) is 0 Å². The average molecular weight is 296 g/mol. The Labute approximate surface area is 111 Å². The van der Waals surface area contributed by atoms with Gasteiger partial charge in [0.15, 0.2) is 0 Å². The molecule has 3 heteroatoms. The summed E-state index contributed by atoms with van der Waals surface area (Å²) in [7, 11) is 2.01. The van der Waals surface area contributed by atoms with Gasteiger partial charge in [-0.15, -0.1) is 0 Å². The molecule has 0 fully saturated rings. The molecule has 0 aliphatic carbocycles. The van der Waals surface area contributed by atoms with E-state index in [1.807, 2.05) is 13.3 Å². The van der Waals surface area contributed by atoms with Gasteiger partial charge in [-0.1, -0.05) is 28.1 Å². The zero-order valence-electron chi connectivity index (χ0n) is 10.1. The van der Waals surface area contributed by atoms with E-state index >= 15 is 0 Å². The molecule has 0 bridgehead atoms. The number of ether oxygens (including phenoxy) is 1. The predicted octanol–water partition coefficient (Wildman–Crippen LogP) is 3.27. The Kier molecular flexibility index (Phi) is 4.63. The zero-order valence-corrected chi connectivity index (χ0v) is 11.7. The van der Waals surface area contributed by atoms with Crippen molar-refractivity contribution in [1.82, 2.24) is 5.32 Å². The van der Waals surface area contributed by atoms with Crippen molar-refractivity contribution >= 4 is 15.9 Å². The molecule has 2 rings (SSSR count). The van der Waals surface area contributed by atoms with Crippen molar-refractivity contribution in [2.75, 3.05) is 13.7 Å². The summed E-state index contributed by atoms with van der Waals surface area (Å²) < 4.78 is 6.54. The smallest absolute Gasteiger partial charge is 0.0876 e. The minimum atomic E-state index is 0.386. The molecule has 1 aliphatic rings. The molecule has 1 N–H and O–H groups in total. The molecular weight excluding hydrogens is 278 g/mol. The van der Waals surface area contributed by atoms with Gasteiger partial charge >= 0.3 is 0 Å². The van der Waals surface area contributed by atoms with Crippen LogP contribution in [-0.2, 0) is 11.2 Å². The van der Waals surface area contributed by atoms with Gasteiger partial charge in [0.05, 0.1) is 12.9 Å². The average Bonchev–Trinajstić information content (AvgIpc) is 2.39. The van der Waals surface area contributed by atoms with Crippen molar-refractivity contribution in [3.63, 3.8) is 0 Å². The van der Waals surface area contributed by atoms with E-state index in [0.717, 1.165) is 30.3 Å². The molecule has 1 unspecified atom stereocenters. The van der Waals surface area contributed by atoms with Gasteiger partial charge in [-0.2, -0.15) is 0 Å². The first-order valence-electron chi connectivity index (χ1n) is 6.02. The van der Waals surface area contributed by atoms with Crippen molar-refractivity contribution in [3.05, 3.63) is 46.1 Å². The minimum Gasteiger partial charge on any atom is -0.501 e. The number of likely N-dealkylation sites (N-methyl/N-ethyl adjacent to an activating group) is 1. The summed E-state index contributed by atoms with van der Waals surface area (Å²) in [4.78, 5) is 0. The Hall–Kier alpha value is -0.800. The van der Waals surface area contributed by atoms with Crippen LogP contribution in [0.3, 0.4) is 0 Å². The molecule has 0 amide bonds. The Morgan fingerprint density at radius 2 is 2.12 bits per heavy atom. The number of nitrogens with one attached hydrogen (secondary N) is 1. The van der Waals surface area contributed by atoms with Crippen LogP contribution in [-0.4, -0.2) is 19.7 Å². The third-order valence-electron chi connectivity index (χ3n) is 3.11. The van der Waals surface area contributed by atoms with Gasteiger partial charge in [0.2, 0.25) is 0 Å². The second-order valence-electron chi connectivity index (χ2n) is 4.34. The standard InChI is InChI=1S/C14H18BrNO/c1-16-14(12-3-2-8-17-10-12)9-11-4-6-13(15)7-5-11/h4-7,10,14,16H,2-3,8-9H2,1H3. The van der Waals surface area contributed by atoms with Gasteiger partial charge in [0, 0.05) is 10.5 Å². The number of halogens is 1. The SMILES string of the molecule is CNC(Cc1ccc(Br)cc1)C1=COCCC1. The summed E-state index contributed by atoms with van der Waals surface area (Å²) in [5.74, 6) is 0. The first kappa shape index (κ1) is 12.7. The van der Waals surface area contributed by atoms with E-state index < -0.39 is 0 Å². The number of benzene rings is 1. The molecule has 0 radical (unpaired) electrons. The van der Waals surface area contributed by atoms with Gasteiger partial charge in [-0.05, 0) is 49.6 Å². The molecule has 1 aromatic rings. The Balaban J connectivity index is 2.04. The van der Waals surface area contributed by atoms with Crippen molar-refractivity contribution in [3.8, 4) is 0 Å². The summed E-state index contributed by atoms with van der Waals surface area (Å²) in [6.07, 6.45) is 5.22. The van der Waals surface area contributed by atoms with Crippen LogP contribution >= 0.6 is 15.9 Å². The van der Waals surface area contributed by atoms with Crippen LogP contribution < -0.4 is 5.32 Å². The molecule has 17 heavy (non-hydrogen) atoms. The maximum absolute atomic E-state index is 5.41. The van der Waals surface area contributed by atoms with Crippen molar-refractivity contribution in [2.45, 2.75) is 25.3 Å². The normalized spacial score (nSPS) is 17.2. The molecule has 2 nitrogen and oxygen atoms in total. The third-order valence-corrected chi connectivity index (χ3v) is 3.64.